The highest BCUT2D eigenvalue weighted by Crippen LogP contribution is 2.26. The number of H-pyrrole nitrogens is 1. The van der Waals surface area contributed by atoms with E-state index < -0.39 is 18.6 Å². The smallest absolute Gasteiger partial charge is 0.334 e. The number of nitrogens with one attached hydrogen (secondary N) is 1. The predicted octanol–water partition coefficient (Wildman–Crippen LogP) is 1.93. The van der Waals surface area contributed by atoms with Gasteiger partial charge >= 0.3 is 6.11 Å². The SMILES string of the molecule is O=C(c1cc2ccccn2c1)N1CCc2n[nH]c(C(=O)N3CCOC(F)(F)C3)c2C1. The molecule has 10 heteroatoms. The van der Waals surface area contributed by atoms with Gasteiger partial charge in [0, 0.05) is 43.0 Å². The zero-order valence-corrected chi connectivity index (χ0v) is 16.0. The number of hydrogen-bond donors (Lipinski definition) is 1. The van der Waals surface area contributed by atoms with Gasteiger partial charge in [0.1, 0.15) is 12.2 Å². The van der Waals surface area contributed by atoms with Crippen LogP contribution in [0.5, 0.6) is 0 Å². The normalized spacial score (nSPS) is 18.5. The van der Waals surface area contributed by atoms with Crippen LogP contribution in [-0.2, 0) is 17.7 Å². The molecule has 0 bridgehead atoms. The summed E-state index contributed by atoms with van der Waals surface area (Å²) in [6.45, 7) is -0.311. The minimum atomic E-state index is -3.37. The standard InChI is InChI=1S/C20H19F2N5O3/c21-20(22)12-27(7-8-30-20)19(29)17-15-11-26(6-4-16(15)23-24-17)18(28)13-9-14-3-1-2-5-25(14)10-13/h1-3,5,9-10H,4,6-8,11-12H2,(H,23,24). The molecule has 0 aliphatic carbocycles. The van der Waals surface area contributed by atoms with E-state index in [1.54, 1.807) is 11.1 Å². The summed E-state index contributed by atoms with van der Waals surface area (Å²) in [5.74, 6) is -0.711. The maximum Gasteiger partial charge on any atom is 0.373 e. The Bertz CT molecular complexity index is 1110. The Kier molecular flexibility index (Phi) is 4.31. The summed E-state index contributed by atoms with van der Waals surface area (Å²) in [5, 5.41) is 6.87. The van der Waals surface area contributed by atoms with Gasteiger partial charge in [-0.3, -0.25) is 14.7 Å². The molecule has 3 aromatic rings. The molecule has 2 amide bonds. The fourth-order valence-electron chi connectivity index (χ4n) is 3.98. The van der Waals surface area contributed by atoms with E-state index in [-0.39, 0.29) is 31.3 Å². The first kappa shape index (κ1) is 18.7. The topological polar surface area (TPSA) is 82.9 Å². The van der Waals surface area contributed by atoms with Crippen molar-refractivity contribution in [3.05, 3.63) is 59.2 Å². The van der Waals surface area contributed by atoms with E-state index in [9.17, 15) is 18.4 Å². The van der Waals surface area contributed by atoms with Crippen molar-refractivity contribution in [2.45, 2.75) is 19.1 Å². The summed E-state index contributed by atoms with van der Waals surface area (Å²) in [5.41, 5.74) is 2.88. The second-order valence-corrected chi connectivity index (χ2v) is 7.47. The van der Waals surface area contributed by atoms with Gasteiger partial charge in [0.15, 0.2) is 0 Å². The van der Waals surface area contributed by atoms with Gasteiger partial charge in [0.2, 0.25) is 0 Å². The molecule has 0 aromatic carbocycles. The summed E-state index contributed by atoms with van der Waals surface area (Å²) in [6.07, 6.45) is 0.751. The number of morpholine rings is 1. The van der Waals surface area contributed by atoms with Crippen molar-refractivity contribution in [1.29, 1.82) is 0 Å². The van der Waals surface area contributed by atoms with Crippen LogP contribution < -0.4 is 0 Å². The summed E-state index contributed by atoms with van der Waals surface area (Å²) >= 11 is 0. The number of rotatable bonds is 2. The molecule has 2 aliphatic rings. The zero-order chi connectivity index (χ0) is 20.9. The fourth-order valence-corrected chi connectivity index (χ4v) is 3.98. The predicted molar refractivity (Wildman–Crippen MR) is 101 cm³/mol. The number of aromatic nitrogens is 3. The number of halogens is 2. The van der Waals surface area contributed by atoms with Gasteiger partial charge in [-0.1, -0.05) is 6.07 Å². The Hall–Kier alpha value is -3.27. The van der Waals surface area contributed by atoms with E-state index in [0.717, 1.165) is 10.4 Å². The molecule has 0 radical (unpaired) electrons. The number of carbonyl (C=O) groups excluding carboxylic acids is 2. The number of hydrogen-bond acceptors (Lipinski definition) is 4. The largest absolute Gasteiger partial charge is 0.373 e. The lowest BCUT2D eigenvalue weighted by atomic mass is 10.0. The van der Waals surface area contributed by atoms with Gasteiger partial charge in [-0.2, -0.15) is 13.9 Å². The number of pyridine rings is 1. The second-order valence-electron chi connectivity index (χ2n) is 7.47. The van der Waals surface area contributed by atoms with Crippen LogP contribution >= 0.6 is 0 Å². The van der Waals surface area contributed by atoms with Gasteiger partial charge in [-0.15, -0.1) is 0 Å². The van der Waals surface area contributed by atoms with E-state index in [2.05, 4.69) is 14.9 Å². The van der Waals surface area contributed by atoms with Gasteiger partial charge in [-0.25, -0.2) is 0 Å². The number of alkyl halides is 2. The summed E-state index contributed by atoms with van der Waals surface area (Å²) < 4.78 is 33.3. The van der Waals surface area contributed by atoms with E-state index in [4.69, 9.17) is 0 Å². The van der Waals surface area contributed by atoms with Gasteiger partial charge in [0.05, 0.1) is 24.4 Å². The summed E-state index contributed by atoms with van der Waals surface area (Å²) in [4.78, 5) is 28.6. The molecule has 0 unspecified atom stereocenters. The molecule has 1 saturated heterocycles. The van der Waals surface area contributed by atoms with Crippen molar-refractivity contribution in [1.82, 2.24) is 24.4 Å². The molecule has 3 aromatic heterocycles. The molecule has 1 N–H and O–H groups in total. The molecule has 156 valence electrons. The first-order valence-electron chi connectivity index (χ1n) is 9.64. The molecule has 5 heterocycles. The Morgan fingerprint density at radius 1 is 1.17 bits per heavy atom. The zero-order valence-electron chi connectivity index (χ0n) is 16.0. The monoisotopic (exact) mass is 415 g/mol. The Morgan fingerprint density at radius 3 is 2.83 bits per heavy atom. The second kappa shape index (κ2) is 6.91. The van der Waals surface area contributed by atoms with Crippen LogP contribution in [0.3, 0.4) is 0 Å². The van der Waals surface area contributed by atoms with Crippen LogP contribution in [0.4, 0.5) is 8.78 Å². The lowest BCUT2D eigenvalue weighted by molar-refractivity contribution is -0.263. The molecule has 5 rings (SSSR count). The molecule has 0 saturated carbocycles. The van der Waals surface area contributed by atoms with Crippen molar-refractivity contribution in [2.24, 2.45) is 0 Å². The summed E-state index contributed by atoms with van der Waals surface area (Å²) in [7, 11) is 0. The molecule has 30 heavy (non-hydrogen) atoms. The molecule has 0 spiro atoms. The minimum Gasteiger partial charge on any atom is -0.334 e. The van der Waals surface area contributed by atoms with Crippen LogP contribution in [-0.4, -0.2) is 68.6 Å². The van der Waals surface area contributed by atoms with E-state index in [0.29, 0.717) is 29.8 Å². The van der Waals surface area contributed by atoms with E-state index in [1.165, 1.54) is 0 Å². The van der Waals surface area contributed by atoms with E-state index >= 15 is 0 Å². The number of nitrogens with zero attached hydrogens (tertiary/aromatic N) is 4. The van der Waals surface area contributed by atoms with Gasteiger partial charge in [0.25, 0.3) is 11.8 Å². The van der Waals surface area contributed by atoms with Crippen LogP contribution in [0.2, 0.25) is 0 Å². The maximum absolute atomic E-state index is 13.5. The molecular weight excluding hydrogens is 396 g/mol. The first-order chi connectivity index (χ1) is 14.4. The Labute approximate surface area is 170 Å². The summed E-state index contributed by atoms with van der Waals surface area (Å²) in [6, 6.07) is 7.51. The number of aromatic amines is 1. The molecule has 0 atom stereocenters. The van der Waals surface area contributed by atoms with Crippen molar-refractivity contribution < 1.29 is 23.1 Å². The highest BCUT2D eigenvalue weighted by molar-refractivity contribution is 5.97. The third-order valence-electron chi connectivity index (χ3n) is 5.51. The number of carbonyl (C=O) groups is 2. The Morgan fingerprint density at radius 2 is 2.03 bits per heavy atom. The molecule has 8 nitrogen and oxygen atoms in total. The van der Waals surface area contributed by atoms with Crippen LogP contribution in [0.25, 0.3) is 5.52 Å². The van der Waals surface area contributed by atoms with Gasteiger partial charge in [-0.05, 0) is 18.2 Å². The average molecular weight is 415 g/mol. The maximum atomic E-state index is 13.5. The quantitative estimate of drug-likeness (QED) is 0.693. The van der Waals surface area contributed by atoms with Crippen molar-refractivity contribution in [3.63, 3.8) is 0 Å². The van der Waals surface area contributed by atoms with Crippen LogP contribution in [0.1, 0.15) is 32.1 Å². The number of amides is 2. The molecule has 1 fully saturated rings. The van der Waals surface area contributed by atoms with Crippen LogP contribution in [0, 0.1) is 0 Å². The Balaban J connectivity index is 1.38. The third kappa shape index (κ3) is 3.22. The fraction of sp³-hybridized carbons (Fsp3) is 0.350. The van der Waals surface area contributed by atoms with Gasteiger partial charge < -0.3 is 18.9 Å². The first-order valence-corrected chi connectivity index (χ1v) is 9.64. The minimum absolute atomic E-state index is 0.0716. The average Bonchev–Trinajstić information content (AvgIpc) is 3.35. The number of ether oxygens (including phenoxy) is 1. The van der Waals surface area contributed by atoms with Crippen molar-refractivity contribution >= 4 is 17.3 Å². The lowest BCUT2D eigenvalue weighted by Crippen LogP contribution is -2.49. The van der Waals surface area contributed by atoms with Crippen LogP contribution in [0.15, 0.2) is 36.7 Å². The van der Waals surface area contributed by atoms with Crippen molar-refractivity contribution in [3.8, 4) is 0 Å². The molecule has 2 aliphatic heterocycles. The molecular formula is C20H19F2N5O3. The highest BCUT2D eigenvalue weighted by Gasteiger charge is 2.40. The van der Waals surface area contributed by atoms with E-state index in [1.807, 2.05) is 34.9 Å². The highest BCUT2D eigenvalue weighted by atomic mass is 19.3. The third-order valence-corrected chi connectivity index (χ3v) is 5.51. The lowest BCUT2D eigenvalue weighted by Gasteiger charge is -2.32. The number of fused-ring (bicyclic) bond motifs is 2. The van der Waals surface area contributed by atoms with Crippen molar-refractivity contribution in [2.75, 3.05) is 26.2 Å².